The second-order valence-electron chi connectivity index (χ2n) is 22.3. The summed E-state index contributed by atoms with van der Waals surface area (Å²) < 4.78 is 78.2. The molecule has 19 atom stereocenters. The van der Waals surface area contributed by atoms with E-state index < -0.39 is 151 Å². The van der Waals surface area contributed by atoms with Crippen LogP contribution in [0.1, 0.15) is 83.1 Å². The Balaban J connectivity index is 1.14. The first-order chi connectivity index (χ1) is 42.9. The van der Waals surface area contributed by atoms with Gasteiger partial charge in [0.2, 0.25) is 17.2 Å². The fourth-order valence-electron chi connectivity index (χ4n) is 11.4. The van der Waals surface area contributed by atoms with Gasteiger partial charge in [-0.1, -0.05) is 83.9 Å². The zero-order valence-corrected chi connectivity index (χ0v) is 57.1. The molecule has 0 amide bonds. The quantitative estimate of drug-likeness (QED) is 0.0204. The van der Waals surface area contributed by atoms with Gasteiger partial charge in [0.1, 0.15) is 36.6 Å². The lowest BCUT2D eigenvalue weighted by atomic mass is 9.72. The molecule has 4 aliphatic heterocycles. The van der Waals surface area contributed by atoms with Crippen LogP contribution in [0.15, 0.2) is 34.9 Å². The highest BCUT2D eigenvalue weighted by molar-refractivity contribution is 14.1. The van der Waals surface area contributed by atoms with Crippen molar-refractivity contribution in [2.45, 2.75) is 195 Å². The summed E-state index contributed by atoms with van der Waals surface area (Å²) in [5.74, 6) is 10.3. The predicted octanol–water partition coefficient (Wildman–Crippen LogP) is 3.46. The number of esters is 2. The number of carbonyl (C=O) groups excluding carboxylic acids is 4. The smallest absolute Gasteiger partial charge is 0.319 e. The lowest BCUT2D eigenvalue weighted by Crippen LogP contribution is -2.65. The van der Waals surface area contributed by atoms with E-state index in [0.717, 1.165) is 11.8 Å². The maximum atomic E-state index is 14.5. The number of benzene rings is 1. The molecule has 29 heteroatoms. The second kappa shape index (κ2) is 33.7. The summed E-state index contributed by atoms with van der Waals surface area (Å²) >= 11 is 2.81. The van der Waals surface area contributed by atoms with Crippen LogP contribution in [0.5, 0.6) is 17.2 Å². The molecule has 2 bridgehead atoms. The molecule has 4 saturated heterocycles. The highest BCUT2D eigenvalue weighted by Crippen LogP contribution is 2.49. The van der Waals surface area contributed by atoms with Crippen molar-refractivity contribution in [3.8, 4) is 40.9 Å². The molecule has 1 aromatic carbocycles. The minimum atomic E-state index is -2.05. The summed E-state index contributed by atoms with van der Waals surface area (Å²) in [6, 6.07) is -1.55. The number of hydrogen-bond acceptors (Lipinski definition) is 28. The van der Waals surface area contributed by atoms with Crippen molar-refractivity contribution in [1.82, 2.24) is 10.4 Å². The lowest BCUT2D eigenvalue weighted by molar-refractivity contribution is -0.337. The molecule has 0 unspecified atom stereocenters. The third kappa shape index (κ3) is 17.3. The molecule has 6 N–H and O–H groups in total. The number of halogens is 1. The number of ketones is 1. The molecule has 90 heavy (non-hydrogen) atoms. The molecule has 6 aliphatic rings. The number of carbonyl (C=O) groups is 4. The number of hydrogen-bond donors (Lipinski definition) is 6. The number of rotatable bonds is 25. The Hall–Kier alpha value is -3.62. The van der Waals surface area contributed by atoms with Gasteiger partial charge in [-0.3, -0.25) is 28.9 Å². The van der Waals surface area contributed by atoms with Crippen molar-refractivity contribution in [2.24, 2.45) is 0 Å². The van der Waals surface area contributed by atoms with Gasteiger partial charge >= 0.3 is 11.9 Å². The summed E-state index contributed by atoms with van der Waals surface area (Å²) in [6.45, 7) is 13.0. The largest absolute Gasteiger partial charge is 0.492 e. The van der Waals surface area contributed by atoms with E-state index in [1.807, 2.05) is 48.3 Å². The number of hydroxylamine groups is 1. The van der Waals surface area contributed by atoms with Gasteiger partial charge in [0, 0.05) is 54.8 Å². The third-order valence-electron chi connectivity index (χ3n) is 16.1. The molecule has 0 spiro atoms. The number of fused-ring (bicyclic) bond motifs is 2. The number of nitrogens with one attached hydrogen (secondary N) is 1. The molecule has 4 fully saturated rings. The summed E-state index contributed by atoms with van der Waals surface area (Å²) in [5, 5.41) is 57.4. The van der Waals surface area contributed by atoms with Gasteiger partial charge in [-0.2, -0.15) is 5.48 Å². The Bertz CT molecular complexity index is 2920. The van der Waals surface area contributed by atoms with Crippen LogP contribution >= 0.6 is 55.9 Å². The van der Waals surface area contributed by atoms with Gasteiger partial charge in [-0.25, -0.2) is 0 Å². The van der Waals surface area contributed by atoms with Crippen LogP contribution in [0.25, 0.3) is 0 Å². The monoisotopic (exact) mass is 1430 g/mol. The molecule has 0 saturated carbocycles. The number of Topliss-reactive ketones (excluding diaryl/α,β-unsaturated/α-hetero) is 1. The molecular formula is C61H83IN2O23S3. The number of allylic oxidation sites excluding steroid dienone is 2. The van der Waals surface area contributed by atoms with Gasteiger partial charge in [0.25, 0.3) is 0 Å². The zero-order chi connectivity index (χ0) is 65.9. The average molecular weight is 1440 g/mol. The predicted molar refractivity (Wildman–Crippen MR) is 338 cm³/mol. The molecule has 4 heterocycles. The zero-order valence-electron chi connectivity index (χ0n) is 52.5. The Morgan fingerprint density at radius 3 is 2.20 bits per heavy atom. The van der Waals surface area contributed by atoms with Crippen LogP contribution in [0, 0.1) is 34.2 Å². The molecule has 500 valence electrons. The number of aliphatic hydroxyl groups is 5. The first-order valence-corrected chi connectivity index (χ1v) is 33.7. The third-order valence-corrected chi connectivity index (χ3v) is 21.6. The highest BCUT2D eigenvalue weighted by Gasteiger charge is 2.52. The Morgan fingerprint density at radius 2 is 1.56 bits per heavy atom. The topological polar surface area (TPSA) is 314 Å². The number of ether oxygens (including phenoxy) is 13. The summed E-state index contributed by atoms with van der Waals surface area (Å²) in [5.41, 5.74) is 1.63. The van der Waals surface area contributed by atoms with E-state index >= 15 is 0 Å². The van der Waals surface area contributed by atoms with Crippen LogP contribution in [0.4, 0.5) is 0 Å². The lowest BCUT2D eigenvalue weighted by Gasteiger charge is -2.47. The first-order valence-electron chi connectivity index (χ1n) is 29.3. The van der Waals surface area contributed by atoms with E-state index in [-0.39, 0.29) is 70.8 Å². The number of likely N-dealkylation sites (N-methyl/N-ethyl adjacent to an activating group) is 1. The minimum absolute atomic E-state index is 0.0161. The molecule has 25 nitrogen and oxygen atoms in total. The second-order valence-corrected chi connectivity index (χ2v) is 27.5. The number of nitrogens with zero attached hydrogens (tertiary/aromatic N) is 1. The van der Waals surface area contributed by atoms with Gasteiger partial charge in [-0.05, 0) is 74.5 Å². The highest BCUT2D eigenvalue weighted by atomic mass is 127. The number of aliphatic hydroxyl groups excluding tert-OH is 4. The van der Waals surface area contributed by atoms with E-state index in [9.17, 15) is 44.7 Å². The van der Waals surface area contributed by atoms with Crippen LogP contribution in [-0.2, 0) is 66.6 Å². The van der Waals surface area contributed by atoms with E-state index in [2.05, 4.69) is 29.2 Å². The fraction of sp³-hybridized carbons (Fsp3) is 0.672. The Kier molecular flexibility index (Phi) is 27.6. The number of methoxy groups -OCH3 is 6. The van der Waals surface area contributed by atoms with Crippen molar-refractivity contribution in [3.05, 3.63) is 49.6 Å². The summed E-state index contributed by atoms with van der Waals surface area (Å²) in [6.07, 6.45) is -14.0. The standard InChI is InChI=1S/C61H83IN2O23S3/c1-14-64(27-42(68)76-10)36-28-80-43(25-40(36)74-8)85-55-50(70)48(31(5)82-60(55)84-39-19-17-15-16-18-21-61(73)26-38(66)34(23-41(67)75-9)46(39)35(61)20-22-88-90-29(2)3)63-87-44-24-37(65)57(33(7)81-44)89-58(72)45-30(4)47(62)53(56(79-13)52(45)77-11)86-59-51(71)54(78-12)49(69)32(6)83-59/h15-16,20,29,31-33,36-37,39-40,43-44,48-51,54-55,57,59-60,63,65,69-71,73H,14,22-28H2,1-13H3/b16-15-,35-20+/t31-,32+,33-,36+,37+,39+,40+,43+,44+,48-,49+,50+,51-,54-,55-,57-,59+,60+,61+/m1/s1. The molecular weight excluding hydrogens is 1350 g/mol. The van der Waals surface area contributed by atoms with Crippen molar-refractivity contribution in [2.75, 3.05) is 68.1 Å². The van der Waals surface area contributed by atoms with Crippen molar-refractivity contribution >= 4 is 78.8 Å². The summed E-state index contributed by atoms with van der Waals surface area (Å²) in [4.78, 5) is 62.4. The normalized spacial score (nSPS) is 34.4. The fourth-order valence-corrected chi connectivity index (χ4v) is 15.0. The van der Waals surface area contributed by atoms with Crippen LogP contribution in [-0.4, -0.2) is 242 Å². The van der Waals surface area contributed by atoms with Gasteiger partial charge in [-0.15, -0.1) is 0 Å². The summed E-state index contributed by atoms with van der Waals surface area (Å²) in [7, 11) is 11.2. The molecule has 0 aromatic heterocycles. The van der Waals surface area contributed by atoms with E-state index in [4.69, 9.17) is 66.4 Å². The number of thioether (sulfide) groups is 1. The van der Waals surface area contributed by atoms with Crippen molar-refractivity contribution < 1.29 is 111 Å². The molecule has 0 radical (unpaired) electrons. The molecule has 7 rings (SSSR count). The van der Waals surface area contributed by atoms with Gasteiger partial charge < -0.3 is 87.1 Å². The maximum Gasteiger partial charge on any atom is 0.319 e. The van der Waals surface area contributed by atoms with Crippen LogP contribution < -0.4 is 19.7 Å². The molecule has 1 aromatic rings. The maximum absolute atomic E-state index is 14.5. The van der Waals surface area contributed by atoms with E-state index in [1.165, 1.54) is 65.6 Å². The van der Waals surface area contributed by atoms with Crippen LogP contribution in [0.3, 0.4) is 0 Å². The van der Waals surface area contributed by atoms with E-state index in [1.54, 1.807) is 44.6 Å². The SMILES string of the molecule is CCN(CC(=O)OC)[C@H]1CO[C@@H](O[C@H]2[C@H](O[C@H]3C#C/C=C\C#C[C@]4(O)CC(=O)C(CC(=O)OC)=C3/C4=C\CSSC(C)C)O[C@H](C)[C@@H](NO[C@H]3C[C@H](O)[C@H](SC(=O)c4c(C)c(I)c(O[C@@H]5O[C@@H](C)[C@H](O)[C@@H](OC)[C@H]5O)c(OC)c4OC)[C@@H](C)O3)[C@@H]2O)C[C@@H]1OC. The van der Waals surface area contributed by atoms with Gasteiger partial charge in [0.05, 0.1) is 111 Å². The van der Waals surface area contributed by atoms with Crippen LogP contribution in [0.2, 0.25) is 0 Å². The first kappa shape index (κ1) is 73.8. The average Bonchev–Trinajstić information content (AvgIpc) is 0.773. The van der Waals surface area contributed by atoms with Gasteiger partial charge in [0.15, 0.2) is 41.8 Å². The van der Waals surface area contributed by atoms with Crippen molar-refractivity contribution in [1.29, 1.82) is 0 Å². The Labute approximate surface area is 550 Å². The minimum Gasteiger partial charge on any atom is -0.492 e. The Morgan fingerprint density at radius 1 is 0.856 bits per heavy atom. The van der Waals surface area contributed by atoms with E-state index in [0.29, 0.717) is 21.4 Å². The van der Waals surface area contributed by atoms with Crippen molar-refractivity contribution in [3.63, 3.8) is 0 Å². The molecule has 2 aliphatic carbocycles.